The van der Waals surface area contributed by atoms with Crippen LogP contribution in [-0.2, 0) is 11.2 Å². The van der Waals surface area contributed by atoms with Gasteiger partial charge in [-0.1, -0.05) is 0 Å². The largest absolute Gasteiger partial charge is 0.343 e. The molecule has 0 aliphatic carbocycles. The van der Waals surface area contributed by atoms with Crippen LogP contribution in [0, 0.1) is 17.5 Å². The molecule has 17 heavy (non-hydrogen) atoms. The van der Waals surface area contributed by atoms with E-state index in [4.69, 9.17) is 0 Å². The first kappa shape index (κ1) is 13.5. The molecule has 1 rings (SSSR count). The molecule has 5 heteroatoms. The Labute approximate surface area is 98.0 Å². The Kier molecular flexibility index (Phi) is 4.54. The van der Waals surface area contributed by atoms with Gasteiger partial charge in [-0.3, -0.25) is 4.79 Å². The first-order valence-corrected chi connectivity index (χ1v) is 5.40. The molecule has 1 aromatic rings. The number of amides is 1. The van der Waals surface area contributed by atoms with Gasteiger partial charge in [-0.05, 0) is 13.8 Å². The minimum absolute atomic E-state index is 0.376. The quantitative estimate of drug-likeness (QED) is 0.798. The van der Waals surface area contributed by atoms with E-state index >= 15 is 0 Å². The first-order chi connectivity index (χ1) is 7.99. The SMILES string of the molecule is CCN(CC)C(=O)Cc1c(F)cc(F)cc1F. The fourth-order valence-electron chi connectivity index (χ4n) is 1.58. The average molecular weight is 245 g/mol. The lowest BCUT2D eigenvalue weighted by Crippen LogP contribution is -2.32. The number of carbonyl (C=O) groups excluding carboxylic acids is 1. The minimum atomic E-state index is -1.02. The summed E-state index contributed by atoms with van der Waals surface area (Å²) in [5.74, 6) is -3.41. The standard InChI is InChI=1S/C12H14F3NO/c1-3-16(4-2)12(17)7-9-10(14)5-8(13)6-11(9)15/h5-6H,3-4,7H2,1-2H3. The number of likely N-dealkylation sites (N-methyl/N-ethyl adjacent to an activating group) is 1. The van der Waals surface area contributed by atoms with Crippen molar-refractivity contribution in [2.24, 2.45) is 0 Å². The van der Waals surface area contributed by atoms with Crippen molar-refractivity contribution in [1.29, 1.82) is 0 Å². The lowest BCUT2D eigenvalue weighted by atomic mass is 10.1. The van der Waals surface area contributed by atoms with Crippen molar-refractivity contribution >= 4 is 5.91 Å². The molecule has 0 saturated carbocycles. The van der Waals surface area contributed by atoms with Gasteiger partial charge in [0, 0.05) is 30.8 Å². The molecule has 0 saturated heterocycles. The van der Waals surface area contributed by atoms with Crippen LogP contribution in [0.1, 0.15) is 19.4 Å². The smallest absolute Gasteiger partial charge is 0.227 e. The molecule has 0 aromatic heterocycles. The molecule has 0 N–H and O–H groups in total. The van der Waals surface area contributed by atoms with Crippen LogP contribution in [0.25, 0.3) is 0 Å². The van der Waals surface area contributed by atoms with Gasteiger partial charge in [-0.2, -0.15) is 0 Å². The van der Waals surface area contributed by atoms with Gasteiger partial charge in [0.05, 0.1) is 6.42 Å². The molecule has 1 amide bonds. The second-order valence-corrected chi connectivity index (χ2v) is 3.59. The van der Waals surface area contributed by atoms with E-state index in [0.29, 0.717) is 25.2 Å². The number of benzene rings is 1. The molecule has 0 spiro atoms. The van der Waals surface area contributed by atoms with Gasteiger partial charge in [0.2, 0.25) is 5.91 Å². The highest BCUT2D eigenvalue weighted by molar-refractivity contribution is 5.78. The van der Waals surface area contributed by atoms with Gasteiger partial charge in [-0.25, -0.2) is 13.2 Å². The van der Waals surface area contributed by atoms with Crippen molar-refractivity contribution in [3.8, 4) is 0 Å². The molecule has 0 unspecified atom stereocenters. The minimum Gasteiger partial charge on any atom is -0.343 e. The molecule has 0 bridgehead atoms. The average Bonchev–Trinajstić information content (AvgIpc) is 2.25. The molecule has 1 aromatic carbocycles. The van der Waals surface area contributed by atoms with Gasteiger partial charge in [0.25, 0.3) is 0 Å². The van der Waals surface area contributed by atoms with Crippen LogP contribution in [0.2, 0.25) is 0 Å². The third-order valence-corrected chi connectivity index (χ3v) is 2.55. The van der Waals surface area contributed by atoms with Crippen LogP contribution in [0.3, 0.4) is 0 Å². The summed E-state index contributed by atoms with van der Waals surface area (Å²) in [6, 6.07) is 1.15. The molecule has 94 valence electrons. The summed E-state index contributed by atoms with van der Waals surface area (Å²) in [4.78, 5) is 13.1. The van der Waals surface area contributed by atoms with E-state index in [1.165, 1.54) is 4.90 Å². The molecule has 0 radical (unpaired) electrons. The molecule has 0 aliphatic rings. The van der Waals surface area contributed by atoms with Crippen LogP contribution >= 0.6 is 0 Å². The summed E-state index contributed by atoms with van der Waals surface area (Å²) < 4.78 is 39.2. The molecule has 0 fully saturated rings. The van der Waals surface area contributed by atoms with Crippen molar-refractivity contribution in [2.75, 3.05) is 13.1 Å². The van der Waals surface area contributed by atoms with Crippen molar-refractivity contribution in [2.45, 2.75) is 20.3 Å². The monoisotopic (exact) mass is 245 g/mol. The Morgan fingerprint density at radius 3 is 2.00 bits per heavy atom. The second kappa shape index (κ2) is 5.70. The highest BCUT2D eigenvalue weighted by Crippen LogP contribution is 2.16. The van der Waals surface area contributed by atoms with Gasteiger partial charge in [0.1, 0.15) is 17.5 Å². The highest BCUT2D eigenvalue weighted by atomic mass is 19.1. The Bertz CT molecular complexity index is 393. The maximum atomic E-state index is 13.3. The van der Waals surface area contributed by atoms with E-state index in [1.807, 2.05) is 0 Å². The molecule has 0 atom stereocenters. The fraction of sp³-hybridized carbons (Fsp3) is 0.417. The molecular weight excluding hydrogens is 231 g/mol. The summed E-state index contributed by atoms with van der Waals surface area (Å²) in [5, 5.41) is 0. The Hall–Kier alpha value is -1.52. The molecule has 0 aliphatic heterocycles. The number of hydrogen-bond donors (Lipinski definition) is 0. The summed E-state index contributed by atoms with van der Waals surface area (Å²) in [6.45, 7) is 4.50. The van der Waals surface area contributed by atoms with E-state index in [-0.39, 0.29) is 17.9 Å². The van der Waals surface area contributed by atoms with Crippen molar-refractivity contribution < 1.29 is 18.0 Å². The Morgan fingerprint density at radius 1 is 1.12 bits per heavy atom. The summed E-state index contributed by atoms with van der Waals surface area (Å²) in [6.07, 6.45) is -0.389. The van der Waals surface area contributed by atoms with E-state index in [1.54, 1.807) is 13.8 Å². The zero-order chi connectivity index (χ0) is 13.0. The molecular formula is C12H14F3NO. The highest BCUT2D eigenvalue weighted by Gasteiger charge is 2.17. The van der Waals surface area contributed by atoms with E-state index in [9.17, 15) is 18.0 Å². The number of rotatable bonds is 4. The predicted molar refractivity (Wildman–Crippen MR) is 57.9 cm³/mol. The summed E-state index contributed by atoms with van der Waals surface area (Å²) >= 11 is 0. The number of halogens is 3. The predicted octanol–water partition coefficient (Wildman–Crippen LogP) is 2.51. The summed E-state index contributed by atoms with van der Waals surface area (Å²) in [5.41, 5.74) is -0.386. The van der Waals surface area contributed by atoms with Crippen LogP contribution < -0.4 is 0 Å². The third kappa shape index (κ3) is 3.22. The topological polar surface area (TPSA) is 20.3 Å². The Balaban J connectivity index is 2.92. The van der Waals surface area contributed by atoms with E-state index < -0.39 is 17.5 Å². The van der Waals surface area contributed by atoms with Gasteiger partial charge in [-0.15, -0.1) is 0 Å². The third-order valence-electron chi connectivity index (χ3n) is 2.55. The molecule has 2 nitrogen and oxygen atoms in total. The van der Waals surface area contributed by atoms with Crippen molar-refractivity contribution in [1.82, 2.24) is 4.90 Å². The first-order valence-electron chi connectivity index (χ1n) is 5.40. The summed E-state index contributed by atoms with van der Waals surface area (Å²) in [7, 11) is 0. The fourth-order valence-corrected chi connectivity index (χ4v) is 1.58. The van der Waals surface area contributed by atoms with Gasteiger partial charge < -0.3 is 4.90 Å². The van der Waals surface area contributed by atoms with Crippen LogP contribution in [0.5, 0.6) is 0 Å². The number of nitrogens with zero attached hydrogens (tertiary/aromatic N) is 1. The van der Waals surface area contributed by atoms with Crippen molar-refractivity contribution in [3.63, 3.8) is 0 Å². The Morgan fingerprint density at radius 2 is 1.59 bits per heavy atom. The van der Waals surface area contributed by atoms with Crippen molar-refractivity contribution in [3.05, 3.63) is 35.1 Å². The zero-order valence-corrected chi connectivity index (χ0v) is 9.77. The normalized spacial score (nSPS) is 10.4. The van der Waals surface area contributed by atoms with Crippen LogP contribution in [0.15, 0.2) is 12.1 Å². The van der Waals surface area contributed by atoms with E-state index in [2.05, 4.69) is 0 Å². The van der Waals surface area contributed by atoms with E-state index in [0.717, 1.165) is 0 Å². The number of hydrogen-bond acceptors (Lipinski definition) is 1. The number of carbonyl (C=O) groups is 1. The lowest BCUT2D eigenvalue weighted by Gasteiger charge is -2.18. The van der Waals surface area contributed by atoms with Gasteiger partial charge >= 0.3 is 0 Å². The molecule has 0 heterocycles. The zero-order valence-electron chi connectivity index (χ0n) is 9.77. The lowest BCUT2D eigenvalue weighted by molar-refractivity contribution is -0.130. The van der Waals surface area contributed by atoms with Gasteiger partial charge in [0.15, 0.2) is 0 Å². The van der Waals surface area contributed by atoms with Crippen LogP contribution in [-0.4, -0.2) is 23.9 Å². The second-order valence-electron chi connectivity index (χ2n) is 3.59. The van der Waals surface area contributed by atoms with Crippen LogP contribution in [0.4, 0.5) is 13.2 Å². The maximum Gasteiger partial charge on any atom is 0.227 e. The maximum absolute atomic E-state index is 13.3.